The zero-order chi connectivity index (χ0) is 19.9. The Labute approximate surface area is 166 Å². The number of amides is 1. The molecular formula is C23H29N3O2. The second-order valence-electron chi connectivity index (χ2n) is 8.46. The molecule has 1 saturated heterocycles. The molecule has 0 bridgehead atoms. The molecule has 28 heavy (non-hydrogen) atoms. The molecule has 1 N–H and O–H groups in total. The highest BCUT2D eigenvalue weighted by molar-refractivity contribution is 5.76. The maximum atomic E-state index is 12.7. The number of hydrogen-bond donors (Lipinski definition) is 1. The number of nitrogens with zero attached hydrogens (tertiary/aromatic N) is 2. The highest BCUT2D eigenvalue weighted by atomic mass is 16.6. The van der Waals surface area contributed by atoms with E-state index in [0.717, 1.165) is 42.3 Å². The quantitative estimate of drug-likeness (QED) is 0.731. The number of H-pyrrole nitrogens is 1. The van der Waals surface area contributed by atoms with E-state index in [2.05, 4.69) is 28.7 Å². The van der Waals surface area contributed by atoms with Crippen molar-refractivity contribution in [2.24, 2.45) is 0 Å². The lowest BCUT2D eigenvalue weighted by molar-refractivity contribution is 0.0751. The molecular weight excluding hydrogens is 350 g/mol. The van der Waals surface area contributed by atoms with Crippen LogP contribution in [-0.2, 0) is 4.74 Å². The number of fused-ring (bicyclic) bond motifs is 1. The maximum Gasteiger partial charge on any atom is 0.411 e. The van der Waals surface area contributed by atoms with Crippen LogP contribution in [0.15, 0.2) is 48.8 Å². The average Bonchev–Trinajstić information content (AvgIpc) is 3.24. The number of cyclic esters (lactones) is 1. The van der Waals surface area contributed by atoms with Gasteiger partial charge in [-0.3, -0.25) is 4.90 Å². The van der Waals surface area contributed by atoms with Gasteiger partial charge in [-0.15, -0.1) is 0 Å². The molecule has 0 radical (unpaired) electrons. The number of aromatic amines is 1. The van der Waals surface area contributed by atoms with Gasteiger partial charge in [0.25, 0.3) is 0 Å². The number of hydrogen-bond acceptors (Lipinski definition) is 3. The van der Waals surface area contributed by atoms with Gasteiger partial charge in [-0.25, -0.2) is 9.78 Å². The number of carbonyl (C=O) groups excluding carboxylic acids is 1. The molecule has 2 aromatic heterocycles. The van der Waals surface area contributed by atoms with Crippen LogP contribution in [0.1, 0.15) is 57.9 Å². The first kappa shape index (κ1) is 18.8. The highest BCUT2D eigenvalue weighted by Gasteiger charge is 2.51. The highest BCUT2D eigenvalue weighted by Crippen LogP contribution is 2.42. The van der Waals surface area contributed by atoms with Crippen molar-refractivity contribution >= 4 is 17.1 Å². The van der Waals surface area contributed by atoms with Gasteiger partial charge >= 0.3 is 6.09 Å². The van der Waals surface area contributed by atoms with Gasteiger partial charge in [-0.05, 0) is 75.6 Å². The normalized spacial score (nSPS) is 27.8. The van der Waals surface area contributed by atoms with Gasteiger partial charge in [-0.1, -0.05) is 18.7 Å². The molecule has 0 unspecified atom stereocenters. The van der Waals surface area contributed by atoms with Gasteiger partial charge < -0.3 is 9.72 Å². The summed E-state index contributed by atoms with van der Waals surface area (Å²) in [5, 5.41) is 1.16. The first-order valence-electron chi connectivity index (χ1n) is 10.2. The summed E-state index contributed by atoms with van der Waals surface area (Å²) in [5.74, 6) is 0.494. The van der Waals surface area contributed by atoms with E-state index >= 15 is 0 Å². The minimum absolute atomic E-state index is 0.0816. The Hall–Kier alpha value is -2.56. The number of allylic oxidation sites excluding steroid dienone is 1. The fourth-order valence-electron chi connectivity index (χ4n) is 4.95. The number of carbonyl (C=O) groups is 1. The fourth-order valence-corrected chi connectivity index (χ4v) is 4.95. The molecule has 3 heterocycles. The van der Waals surface area contributed by atoms with E-state index in [-0.39, 0.29) is 18.2 Å². The van der Waals surface area contributed by atoms with Crippen molar-refractivity contribution in [3.05, 3.63) is 54.4 Å². The SMILES string of the molecule is C=C/C(=C\C)[C@@H]1N(C2CCC(c3cnc4[nH]ccc4c3)CC2)C(=O)OC1(C)C. The minimum Gasteiger partial charge on any atom is -0.441 e. The molecule has 0 spiro atoms. The van der Waals surface area contributed by atoms with E-state index in [4.69, 9.17) is 4.74 Å². The maximum absolute atomic E-state index is 12.7. The van der Waals surface area contributed by atoms with Gasteiger partial charge in [0.1, 0.15) is 11.2 Å². The molecule has 1 aliphatic carbocycles. The molecule has 4 rings (SSSR count). The van der Waals surface area contributed by atoms with Crippen LogP contribution in [-0.4, -0.2) is 38.6 Å². The van der Waals surface area contributed by atoms with Crippen molar-refractivity contribution in [1.29, 1.82) is 0 Å². The molecule has 5 heteroatoms. The van der Waals surface area contributed by atoms with E-state index in [1.807, 2.05) is 50.2 Å². The minimum atomic E-state index is -0.548. The van der Waals surface area contributed by atoms with E-state index in [9.17, 15) is 4.79 Å². The van der Waals surface area contributed by atoms with E-state index in [0.29, 0.717) is 5.92 Å². The summed E-state index contributed by atoms with van der Waals surface area (Å²) < 4.78 is 5.75. The third kappa shape index (κ3) is 3.13. The molecule has 1 atom stereocenters. The van der Waals surface area contributed by atoms with Crippen LogP contribution in [0, 0.1) is 0 Å². The molecule has 1 aliphatic heterocycles. The number of ether oxygens (including phenoxy) is 1. The Balaban J connectivity index is 1.51. The zero-order valence-electron chi connectivity index (χ0n) is 16.9. The van der Waals surface area contributed by atoms with Gasteiger partial charge in [-0.2, -0.15) is 0 Å². The van der Waals surface area contributed by atoms with Crippen LogP contribution < -0.4 is 0 Å². The second-order valence-corrected chi connectivity index (χ2v) is 8.46. The van der Waals surface area contributed by atoms with Crippen molar-refractivity contribution in [3.8, 4) is 0 Å². The summed E-state index contributed by atoms with van der Waals surface area (Å²) in [7, 11) is 0. The largest absolute Gasteiger partial charge is 0.441 e. The van der Waals surface area contributed by atoms with Crippen LogP contribution >= 0.6 is 0 Å². The van der Waals surface area contributed by atoms with Crippen molar-refractivity contribution in [2.45, 2.75) is 70.1 Å². The first-order valence-corrected chi connectivity index (χ1v) is 10.2. The Kier molecular flexibility index (Phi) is 4.77. The van der Waals surface area contributed by atoms with Crippen molar-refractivity contribution in [2.75, 3.05) is 0 Å². The molecule has 5 nitrogen and oxygen atoms in total. The van der Waals surface area contributed by atoms with Crippen LogP contribution in [0.5, 0.6) is 0 Å². The summed E-state index contributed by atoms with van der Waals surface area (Å²) in [4.78, 5) is 22.4. The third-order valence-electron chi connectivity index (χ3n) is 6.37. The number of aromatic nitrogens is 2. The molecule has 0 aromatic carbocycles. The summed E-state index contributed by atoms with van der Waals surface area (Å²) in [6.07, 6.45) is 11.7. The Morgan fingerprint density at radius 2 is 2.11 bits per heavy atom. The van der Waals surface area contributed by atoms with E-state index in [1.54, 1.807) is 0 Å². The van der Waals surface area contributed by atoms with Crippen molar-refractivity contribution in [3.63, 3.8) is 0 Å². The number of rotatable bonds is 4. The summed E-state index contributed by atoms with van der Waals surface area (Å²) in [6, 6.07) is 4.43. The molecule has 2 aromatic rings. The molecule has 2 aliphatic rings. The van der Waals surface area contributed by atoms with E-state index in [1.165, 1.54) is 5.56 Å². The lowest BCUT2D eigenvalue weighted by atomic mass is 9.80. The smallest absolute Gasteiger partial charge is 0.411 e. The third-order valence-corrected chi connectivity index (χ3v) is 6.37. The Morgan fingerprint density at radius 3 is 2.79 bits per heavy atom. The lowest BCUT2D eigenvalue weighted by Gasteiger charge is -2.38. The molecule has 1 saturated carbocycles. The van der Waals surface area contributed by atoms with Crippen LogP contribution in [0.25, 0.3) is 11.0 Å². The van der Waals surface area contributed by atoms with Gasteiger partial charge in [0.05, 0.1) is 6.04 Å². The van der Waals surface area contributed by atoms with Crippen LogP contribution in [0.4, 0.5) is 4.79 Å². The van der Waals surface area contributed by atoms with Crippen molar-refractivity contribution in [1.82, 2.24) is 14.9 Å². The number of nitrogens with one attached hydrogen (secondary N) is 1. The van der Waals surface area contributed by atoms with E-state index < -0.39 is 5.60 Å². The fraction of sp³-hybridized carbons (Fsp3) is 0.478. The second kappa shape index (κ2) is 7.12. The predicted molar refractivity (Wildman–Crippen MR) is 111 cm³/mol. The van der Waals surface area contributed by atoms with Crippen LogP contribution in [0.3, 0.4) is 0 Å². The topological polar surface area (TPSA) is 58.2 Å². The van der Waals surface area contributed by atoms with Gasteiger partial charge in [0.2, 0.25) is 0 Å². The zero-order valence-corrected chi connectivity index (χ0v) is 16.9. The van der Waals surface area contributed by atoms with Gasteiger partial charge in [0, 0.05) is 23.8 Å². The summed E-state index contributed by atoms with van der Waals surface area (Å²) in [5.41, 5.74) is 2.74. The standard InChI is InChI=1S/C23H29N3O2/c1-5-15(6-2)20-23(3,4)28-22(27)26(20)19-9-7-16(8-10-19)18-13-17-11-12-24-21(17)25-14-18/h5-6,11-14,16,19-20H,1,7-10H2,2-4H3,(H,24,25)/b15-6+/t16?,19?,20-/m0/s1. The van der Waals surface area contributed by atoms with Gasteiger partial charge in [0.15, 0.2) is 0 Å². The Bertz CT molecular complexity index is 919. The number of pyridine rings is 1. The summed E-state index contributed by atoms with van der Waals surface area (Å²) >= 11 is 0. The summed E-state index contributed by atoms with van der Waals surface area (Å²) in [6.45, 7) is 9.93. The molecule has 2 fully saturated rings. The predicted octanol–water partition coefficient (Wildman–Crippen LogP) is 5.32. The Morgan fingerprint density at radius 1 is 1.36 bits per heavy atom. The lowest BCUT2D eigenvalue weighted by Crippen LogP contribution is -2.48. The average molecular weight is 380 g/mol. The molecule has 148 valence electrons. The monoisotopic (exact) mass is 379 g/mol. The first-order chi connectivity index (χ1) is 13.4. The van der Waals surface area contributed by atoms with Crippen molar-refractivity contribution < 1.29 is 9.53 Å². The van der Waals surface area contributed by atoms with Crippen LogP contribution in [0.2, 0.25) is 0 Å². The molecule has 1 amide bonds.